The Bertz CT molecular complexity index is 504. The molecule has 1 saturated carbocycles. The zero-order valence-corrected chi connectivity index (χ0v) is 14.1. The molecule has 1 unspecified atom stereocenters. The monoisotopic (exact) mass is 304 g/mol. The van der Waals surface area contributed by atoms with E-state index in [4.69, 9.17) is 4.74 Å². The first-order chi connectivity index (χ1) is 10.3. The fourth-order valence-electron chi connectivity index (χ4n) is 2.39. The highest BCUT2D eigenvalue weighted by Crippen LogP contribution is 2.41. The van der Waals surface area contributed by atoms with Crippen molar-refractivity contribution in [1.82, 2.24) is 10.6 Å². The van der Waals surface area contributed by atoms with Crippen LogP contribution >= 0.6 is 0 Å². The van der Waals surface area contributed by atoms with Crippen LogP contribution in [0.1, 0.15) is 57.6 Å². The molecule has 0 radical (unpaired) electrons. The Balaban J connectivity index is 1.74. The van der Waals surface area contributed by atoms with Gasteiger partial charge in [-0.2, -0.15) is 0 Å². The maximum absolute atomic E-state index is 11.6. The van der Waals surface area contributed by atoms with Crippen LogP contribution in [0, 0.1) is 0 Å². The number of carbonyl (C=O) groups excluding carboxylic acids is 1. The molecule has 2 rings (SSSR count). The molecular weight excluding hydrogens is 276 g/mol. The van der Waals surface area contributed by atoms with Crippen LogP contribution in [0.3, 0.4) is 0 Å². The predicted octanol–water partition coefficient (Wildman–Crippen LogP) is 3.57. The molecule has 2 N–H and O–H groups in total. The third-order valence-electron chi connectivity index (χ3n) is 3.66. The summed E-state index contributed by atoms with van der Waals surface area (Å²) in [5.41, 5.74) is 2.39. The van der Waals surface area contributed by atoms with Crippen LogP contribution in [0.5, 0.6) is 0 Å². The number of amides is 1. The van der Waals surface area contributed by atoms with E-state index in [1.165, 1.54) is 24.0 Å². The van der Waals surface area contributed by atoms with Crippen molar-refractivity contribution in [2.24, 2.45) is 0 Å². The third-order valence-corrected chi connectivity index (χ3v) is 3.66. The number of hydrogen-bond acceptors (Lipinski definition) is 3. The standard InChI is InChI=1S/C18H28N2O2/c1-13(11-20-17(21)22-18(2,3)4)19-12-15-7-5-6-8-16(15)14-9-10-14/h5-8,13-14,19H,9-12H2,1-4H3,(H,20,21). The van der Waals surface area contributed by atoms with Crippen molar-refractivity contribution < 1.29 is 9.53 Å². The summed E-state index contributed by atoms with van der Waals surface area (Å²) in [5.74, 6) is 0.758. The highest BCUT2D eigenvalue weighted by Gasteiger charge is 2.25. The van der Waals surface area contributed by atoms with Crippen molar-refractivity contribution in [1.29, 1.82) is 0 Å². The summed E-state index contributed by atoms with van der Waals surface area (Å²) >= 11 is 0. The van der Waals surface area contributed by atoms with Gasteiger partial charge in [-0.25, -0.2) is 4.79 Å². The predicted molar refractivity (Wildman–Crippen MR) is 89.0 cm³/mol. The van der Waals surface area contributed by atoms with Gasteiger partial charge in [-0.1, -0.05) is 24.3 Å². The van der Waals surface area contributed by atoms with E-state index in [0.717, 1.165) is 12.5 Å². The van der Waals surface area contributed by atoms with Gasteiger partial charge in [-0.3, -0.25) is 0 Å². The number of alkyl carbamates (subject to hydrolysis) is 1. The minimum Gasteiger partial charge on any atom is -0.444 e. The number of nitrogens with one attached hydrogen (secondary N) is 2. The fourth-order valence-corrected chi connectivity index (χ4v) is 2.39. The maximum Gasteiger partial charge on any atom is 0.407 e. The number of carbonyl (C=O) groups is 1. The Kier molecular flexibility index (Phi) is 5.46. The summed E-state index contributed by atoms with van der Waals surface area (Å²) in [6.07, 6.45) is 2.26. The molecule has 0 saturated heterocycles. The third kappa shape index (κ3) is 5.68. The molecule has 122 valence electrons. The zero-order chi connectivity index (χ0) is 16.2. The van der Waals surface area contributed by atoms with Crippen LogP contribution in [-0.2, 0) is 11.3 Å². The Morgan fingerprint density at radius 2 is 2.00 bits per heavy atom. The van der Waals surface area contributed by atoms with Crippen molar-refractivity contribution in [3.05, 3.63) is 35.4 Å². The van der Waals surface area contributed by atoms with Gasteiger partial charge in [0.05, 0.1) is 0 Å². The summed E-state index contributed by atoms with van der Waals surface area (Å²) < 4.78 is 5.23. The van der Waals surface area contributed by atoms with E-state index in [0.29, 0.717) is 6.54 Å². The lowest BCUT2D eigenvalue weighted by Gasteiger charge is -2.21. The topological polar surface area (TPSA) is 50.4 Å². The van der Waals surface area contributed by atoms with Crippen LogP contribution in [0.25, 0.3) is 0 Å². The normalized spacial score (nSPS) is 16.2. The first-order valence-corrected chi connectivity index (χ1v) is 8.13. The molecular formula is C18H28N2O2. The van der Waals surface area contributed by atoms with Crippen LogP contribution < -0.4 is 10.6 Å². The molecule has 1 aliphatic rings. The molecule has 4 heteroatoms. The van der Waals surface area contributed by atoms with E-state index in [-0.39, 0.29) is 12.1 Å². The lowest BCUT2D eigenvalue weighted by Crippen LogP contribution is -2.41. The molecule has 1 aliphatic carbocycles. The van der Waals surface area contributed by atoms with E-state index in [1.54, 1.807) is 0 Å². The summed E-state index contributed by atoms with van der Waals surface area (Å²) in [6, 6.07) is 8.82. The lowest BCUT2D eigenvalue weighted by atomic mass is 10.0. The minimum atomic E-state index is -0.454. The SMILES string of the molecule is CC(CNC(=O)OC(C)(C)C)NCc1ccccc1C1CC1. The fraction of sp³-hybridized carbons (Fsp3) is 0.611. The highest BCUT2D eigenvalue weighted by molar-refractivity contribution is 5.67. The van der Waals surface area contributed by atoms with Crippen molar-refractivity contribution in [2.75, 3.05) is 6.54 Å². The molecule has 0 bridgehead atoms. The van der Waals surface area contributed by atoms with Gasteiger partial charge in [-0.15, -0.1) is 0 Å². The van der Waals surface area contributed by atoms with E-state index < -0.39 is 5.60 Å². The van der Waals surface area contributed by atoms with E-state index in [9.17, 15) is 4.79 Å². The minimum absolute atomic E-state index is 0.194. The Morgan fingerprint density at radius 3 is 2.64 bits per heavy atom. The molecule has 1 fully saturated rings. The number of rotatable bonds is 6. The average molecular weight is 304 g/mol. The molecule has 0 spiro atoms. The number of hydrogen-bond donors (Lipinski definition) is 2. The Hall–Kier alpha value is -1.55. The smallest absolute Gasteiger partial charge is 0.407 e. The van der Waals surface area contributed by atoms with Gasteiger partial charge in [0, 0.05) is 19.1 Å². The molecule has 0 heterocycles. The maximum atomic E-state index is 11.6. The van der Waals surface area contributed by atoms with Gasteiger partial charge in [0.25, 0.3) is 0 Å². The van der Waals surface area contributed by atoms with Crippen molar-refractivity contribution in [2.45, 2.75) is 64.6 Å². The van der Waals surface area contributed by atoms with Crippen LogP contribution in [0.15, 0.2) is 24.3 Å². The largest absolute Gasteiger partial charge is 0.444 e. The molecule has 1 atom stereocenters. The van der Waals surface area contributed by atoms with Gasteiger partial charge in [0.15, 0.2) is 0 Å². The number of benzene rings is 1. The van der Waals surface area contributed by atoms with Gasteiger partial charge < -0.3 is 15.4 Å². The molecule has 0 aromatic heterocycles. The first-order valence-electron chi connectivity index (χ1n) is 8.13. The van der Waals surface area contributed by atoms with E-state index in [2.05, 4.69) is 41.8 Å². The molecule has 4 nitrogen and oxygen atoms in total. The van der Waals surface area contributed by atoms with Crippen LogP contribution in [0.4, 0.5) is 4.79 Å². The van der Waals surface area contributed by atoms with Crippen molar-refractivity contribution in [3.63, 3.8) is 0 Å². The zero-order valence-electron chi connectivity index (χ0n) is 14.1. The lowest BCUT2D eigenvalue weighted by molar-refractivity contribution is 0.0523. The quantitative estimate of drug-likeness (QED) is 0.845. The first kappa shape index (κ1) is 16.8. The second kappa shape index (κ2) is 7.14. The Labute approximate surface area is 133 Å². The van der Waals surface area contributed by atoms with Crippen molar-refractivity contribution >= 4 is 6.09 Å². The summed E-state index contributed by atoms with van der Waals surface area (Å²) in [4.78, 5) is 11.6. The summed E-state index contributed by atoms with van der Waals surface area (Å²) in [7, 11) is 0. The van der Waals surface area contributed by atoms with Gasteiger partial charge in [0.1, 0.15) is 5.60 Å². The summed E-state index contributed by atoms with van der Waals surface area (Å²) in [6.45, 7) is 9.05. The Morgan fingerprint density at radius 1 is 1.32 bits per heavy atom. The van der Waals surface area contributed by atoms with Gasteiger partial charge in [0.2, 0.25) is 0 Å². The highest BCUT2D eigenvalue weighted by atomic mass is 16.6. The second-order valence-electron chi connectivity index (χ2n) is 7.14. The molecule has 1 amide bonds. The van der Waals surface area contributed by atoms with E-state index >= 15 is 0 Å². The van der Waals surface area contributed by atoms with E-state index in [1.807, 2.05) is 20.8 Å². The summed E-state index contributed by atoms with van der Waals surface area (Å²) in [5, 5.41) is 6.27. The molecule has 1 aromatic carbocycles. The molecule has 0 aliphatic heterocycles. The van der Waals surface area contributed by atoms with Gasteiger partial charge >= 0.3 is 6.09 Å². The molecule has 22 heavy (non-hydrogen) atoms. The van der Waals surface area contributed by atoms with Crippen LogP contribution in [-0.4, -0.2) is 24.3 Å². The molecule has 1 aromatic rings. The second-order valence-corrected chi connectivity index (χ2v) is 7.14. The number of ether oxygens (including phenoxy) is 1. The van der Waals surface area contributed by atoms with Gasteiger partial charge in [-0.05, 0) is 57.6 Å². The van der Waals surface area contributed by atoms with Crippen molar-refractivity contribution in [3.8, 4) is 0 Å². The average Bonchev–Trinajstić information content (AvgIpc) is 3.26. The van der Waals surface area contributed by atoms with Crippen LogP contribution in [0.2, 0.25) is 0 Å².